The summed E-state index contributed by atoms with van der Waals surface area (Å²) >= 11 is 0. The molecule has 0 atom stereocenters. The fraction of sp³-hybridized carbons (Fsp3) is 0.789. The molecule has 0 aliphatic heterocycles. The highest BCUT2D eigenvalue weighted by molar-refractivity contribution is 5.81. The topological polar surface area (TPSA) is 49.0 Å². The van der Waals surface area contributed by atoms with E-state index in [0.29, 0.717) is 17.1 Å². The summed E-state index contributed by atoms with van der Waals surface area (Å²) in [6, 6.07) is 0. The zero-order valence-corrected chi connectivity index (χ0v) is 14.7. The third-order valence-corrected chi connectivity index (χ3v) is 6.05. The first-order valence-electron chi connectivity index (χ1n) is 9.34. The molecule has 2 fully saturated rings. The number of aromatic nitrogens is 2. The van der Waals surface area contributed by atoms with Gasteiger partial charge in [-0.15, -0.1) is 0 Å². The Morgan fingerprint density at radius 1 is 1.35 bits per heavy atom. The van der Waals surface area contributed by atoms with Crippen LogP contribution in [-0.2, 0) is 11.3 Å². The van der Waals surface area contributed by atoms with Gasteiger partial charge in [-0.2, -0.15) is 5.10 Å². The number of hydrogen-bond donors (Lipinski definition) is 1. The summed E-state index contributed by atoms with van der Waals surface area (Å²) in [7, 11) is 2.20. The van der Waals surface area contributed by atoms with Crippen molar-refractivity contribution in [2.45, 2.75) is 77.2 Å². The fourth-order valence-corrected chi connectivity index (χ4v) is 4.54. The van der Waals surface area contributed by atoms with E-state index in [1.165, 1.54) is 49.8 Å². The molecule has 0 radical (unpaired) electrons. The number of nitrogens with one attached hydrogen (secondary N) is 1. The normalized spacial score (nSPS) is 28.1. The predicted octanol–water partition coefficient (Wildman–Crippen LogP) is 4.04. The summed E-state index contributed by atoms with van der Waals surface area (Å²) < 4.78 is 0. The number of unbranched alkanes of at least 4 members (excludes halogenated alkanes) is 1. The van der Waals surface area contributed by atoms with Gasteiger partial charge in [-0.25, -0.2) is 0 Å². The lowest BCUT2D eigenvalue weighted by atomic mass is 9.68. The van der Waals surface area contributed by atoms with Crippen LogP contribution in [0.2, 0.25) is 0 Å². The highest BCUT2D eigenvalue weighted by Crippen LogP contribution is 2.51. The second kappa shape index (κ2) is 7.16. The number of carbonyl (C=O) groups excluding carboxylic acids is 1. The lowest BCUT2D eigenvalue weighted by Gasteiger charge is -2.36. The van der Waals surface area contributed by atoms with Crippen LogP contribution in [0, 0.1) is 5.41 Å². The van der Waals surface area contributed by atoms with Crippen molar-refractivity contribution in [3.8, 4) is 0 Å². The van der Waals surface area contributed by atoms with E-state index in [4.69, 9.17) is 0 Å². The first kappa shape index (κ1) is 16.7. The molecule has 1 spiro atoms. The van der Waals surface area contributed by atoms with Gasteiger partial charge in [0, 0.05) is 36.6 Å². The number of Topliss-reactive ketones (excluding diaryl/α,β-unsaturated/α-hetero) is 1. The number of nitrogens with zero attached hydrogens (tertiary/aromatic N) is 2. The largest absolute Gasteiger partial charge is 0.302 e. The molecule has 1 heterocycles. The highest BCUT2D eigenvalue weighted by atomic mass is 16.1. The summed E-state index contributed by atoms with van der Waals surface area (Å²) in [5, 5.41) is 7.61. The van der Waals surface area contributed by atoms with E-state index < -0.39 is 0 Å². The Hall–Kier alpha value is -1.16. The van der Waals surface area contributed by atoms with Crippen molar-refractivity contribution in [2.75, 3.05) is 13.6 Å². The van der Waals surface area contributed by atoms with Gasteiger partial charge in [0.25, 0.3) is 0 Å². The van der Waals surface area contributed by atoms with Crippen molar-refractivity contribution in [1.82, 2.24) is 15.1 Å². The van der Waals surface area contributed by atoms with Crippen molar-refractivity contribution in [3.63, 3.8) is 0 Å². The monoisotopic (exact) mass is 317 g/mol. The Morgan fingerprint density at radius 3 is 2.78 bits per heavy atom. The van der Waals surface area contributed by atoms with Gasteiger partial charge < -0.3 is 4.90 Å². The molecule has 3 rings (SSSR count). The Labute approximate surface area is 140 Å². The van der Waals surface area contributed by atoms with Crippen LogP contribution in [-0.4, -0.2) is 34.5 Å². The van der Waals surface area contributed by atoms with Gasteiger partial charge >= 0.3 is 0 Å². The number of aromatic amines is 1. The molecule has 2 saturated carbocycles. The molecule has 1 aromatic heterocycles. The maximum Gasteiger partial charge on any atom is 0.133 e. The molecule has 0 saturated heterocycles. The lowest BCUT2D eigenvalue weighted by molar-refractivity contribution is -0.118. The predicted molar refractivity (Wildman–Crippen MR) is 92.3 cm³/mol. The Bertz CT molecular complexity index is 528. The highest BCUT2D eigenvalue weighted by Gasteiger charge is 2.41. The summed E-state index contributed by atoms with van der Waals surface area (Å²) in [5.74, 6) is 1.09. The number of ketones is 1. The van der Waals surface area contributed by atoms with Crippen LogP contribution in [0.25, 0.3) is 0 Å². The lowest BCUT2D eigenvalue weighted by Crippen LogP contribution is -2.25. The first-order chi connectivity index (χ1) is 11.1. The molecule has 1 N–H and O–H groups in total. The van der Waals surface area contributed by atoms with Gasteiger partial charge in [0.15, 0.2) is 0 Å². The molecular weight excluding hydrogens is 286 g/mol. The average Bonchev–Trinajstić information content (AvgIpc) is 3.14. The van der Waals surface area contributed by atoms with Crippen LogP contribution in [0.4, 0.5) is 0 Å². The number of rotatable bonds is 6. The summed E-state index contributed by atoms with van der Waals surface area (Å²) in [4.78, 5) is 14.1. The average molecular weight is 317 g/mol. The molecule has 4 heteroatoms. The molecule has 2 aliphatic rings. The number of hydrogen-bond acceptors (Lipinski definition) is 3. The van der Waals surface area contributed by atoms with Crippen molar-refractivity contribution in [2.24, 2.45) is 5.41 Å². The van der Waals surface area contributed by atoms with E-state index in [2.05, 4.69) is 29.1 Å². The maximum absolute atomic E-state index is 11.7. The van der Waals surface area contributed by atoms with Gasteiger partial charge in [-0.1, -0.05) is 13.3 Å². The van der Waals surface area contributed by atoms with E-state index in [9.17, 15) is 4.79 Å². The fourth-order valence-electron chi connectivity index (χ4n) is 4.54. The van der Waals surface area contributed by atoms with Crippen LogP contribution in [0.15, 0.2) is 6.20 Å². The van der Waals surface area contributed by atoms with Crippen molar-refractivity contribution >= 4 is 5.78 Å². The van der Waals surface area contributed by atoms with E-state index in [1.807, 2.05) is 6.20 Å². The Kier molecular flexibility index (Phi) is 5.20. The Morgan fingerprint density at radius 2 is 2.13 bits per heavy atom. The molecular formula is C19H31N3O. The molecule has 0 aromatic carbocycles. The smallest absolute Gasteiger partial charge is 0.133 e. The summed E-state index contributed by atoms with van der Waals surface area (Å²) in [6.07, 6.45) is 12.2. The summed E-state index contributed by atoms with van der Waals surface area (Å²) in [6.45, 7) is 4.38. The number of carbonyl (C=O) groups is 1. The third-order valence-electron chi connectivity index (χ3n) is 6.05. The molecule has 128 valence electrons. The standard InChI is InChI=1S/C19H31N3O/c1-3-4-11-22(2)14-16-13-20-21-18(16)15-5-8-19(9-6-15)10-7-17(23)12-19/h13,15H,3-12,14H2,1-2H3,(H,20,21). The zero-order valence-electron chi connectivity index (χ0n) is 14.7. The SMILES string of the molecule is CCCCN(C)Cc1cn[nH]c1C1CCC2(CCC(=O)C2)CC1. The van der Waals surface area contributed by atoms with Gasteiger partial charge in [0.1, 0.15) is 5.78 Å². The maximum atomic E-state index is 11.7. The molecule has 2 aliphatic carbocycles. The van der Waals surface area contributed by atoms with Crippen LogP contribution >= 0.6 is 0 Å². The number of H-pyrrole nitrogens is 1. The summed E-state index contributed by atoms with van der Waals surface area (Å²) in [5.41, 5.74) is 3.07. The minimum Gasteiger partial charge on any atom is -0.302 e. The molecule has 0 unspecified atom stereocenters. The van der Waals surface area contributed by atoms with Crippen LogP contribution < -0.4 is 0 Å². The van der Waals surface area contributed by atoms with E-state index in [-0.39, 0.29) is 0 Å². The van der Waals surface area contributed by atoms with E-state index in [0.717, 1.165) is 32.4 Å². The van der Waals surface area contributed by atoms with E-state index >= 15 is 0 Å². The quantitative estimate of drug-likeness (QED) is 0.861. The second-order valence-corrected chi connectivity index (χ2v) is 7.89. The van der Waals surface area contributed by atoms with E-state index in [1.54, 1.807) is 0 Å². The first-order valence-corrected chi connectivity index (χ1v) is 9.34. The minimum absolute atomic E-state index is 0.353. The van der Waals surface area contributed by atoms with Crippen molar-refractivity contribution in [1.29, 1.82) is 0 Å². The minimum atomic E-state index is 0.353. The zero-order chi connectivity index (χ0) is 16.3. The van der Waals surface area contributed by atoms with Gasteiger partial charge in [-0.3, -0.25) is 9.89 Å². The second-order valence-electron chi connectivity index (χ2n) is 7.89. The van der Waals surface area contributed by atoms with Gasteiger partial charge in [0.05, 0.1) is 6.20 Å². The van der Waals surface area contributed by atoms with Crippen LogP contribution in [0.1, 0.15) is 81.9 Å². The van der Waals surface area contributed by atoms with Crippen molar-refractivity contribution < 1.29 is 4.79 Å². The molecule has 23 heavy (non-hydrogen) atoms. The molecule has 0 amide bonds. The molecule has 1 aromatic rings. The molecule has 4 nitrogen and oxygen atoms in total. The van der Waals surface area contributed by atoms with Crippen LogP contribution in [0.3, 0.4) is 0 Å². The van der Waals surface area contributed by atoms with Gasteiger partial charge in [-0.05, 0) is 57.5 Å². The van der Waals surface area contributed by atoms with Crippen LogP contribution in [0.5, 0.6) is 0 Å². The van der Waals surface area contributed by atoms with Crippen molar-refractivity contribution in [3.05, 3.63) is 17.5 Å². The third kappa shape index (κ3) is 3.85. The molecule has 0 bridgehead atoms. The Balaban J connectivity index is 1.58. The van der Waals surface area contributed by atoms with Gasteiger partial charge in [0.2, 0.25) is 0 Å².